The van der Waals surface area contributed by atoms with Crippen molar-refractivity contribution in [3.63, 3.8) is 0 Å². The molecule has 2 amide bonds. The van der Waals surface area contributed by atoms with Crippen LogP contribution in [0.1, 0.15) is 31.2 Å². The van der Waals surface area contributed by atoms with E-state index in [1.54, 1.807) is 34.9 Å². The Morgan fingerprint density at radius 2 is 1.64 bits per heavy atom. The zero-order chi connectivity index (χ0) is 23.8. The van der Waals surface area contributed by atoms with Crippen LogP contribution >= 0.6 is 23.4 Å². The Morgan fingerprint density at radius 3 is 2.24 bits per heavy atom. The van der Waals surface area contributed by atoms with Crippen molar-refractivity contribution in [2.45, 2.75) is 37.9 Å². The van der Waals surface area contributed by atoms with Crippen molar-refractivity contribution in [3.8, 4) is 0 Å². The quantitative estimate of drug-likeness (QED) is 0.307. The predicted molar refractivity (Wildman–Crippen MR) is 134 cm³/mol. The summed E-state index contributed by atoms with van der Waals surface area (Å²) in [7, 11) is 0. The second-order valence-corrected chi connectivity index (χ2v) is 9.02. The number of anilines is 2. The SMILES string of the molecule is C=CCn1c(CC(=O)Nc2ccc(Cl)cc2)nnc1SCC(=O)Nc1ccc(C(C)C)cc1. The number of carbonyl (C=O) groups excluding carboxylic acids is 2. The van der Waals surface area contributed by atoms with Crippen LogP contribution in [0.25, 0.3) is 0 Å². The molecular weight excluding hydrogens is 458 g/mol. The van der Waals surface area contributed by atoms with E-state index >= 15 is 0 Å². The molecule has 0 aliphatic rings. The van der Waals surface area contributed by atoms with E-state index in [-0.39, 0.29) is 24.0 Å². The molecule has 1 heterocycles. The first kappa shape index (κ1) is 24.5. The second kappa shape index (κ2) is 11.7. The second-order valence-electron chi connectivity index (χ2n) is 7.64. The average Bonchev–Trinajstić information content (AvgIpc) is 3.15. The van der Waals surface area contributed by atoms with Crippen molar-refractivity contribution in [1.82, 2.24) is 14.8 Å². The monoisotopic (exact) mass is 483 g/mol. The van der Waals surface area contributed by atoms with Gasteiger partial charge in [0.05, 0.1) is 12.2 Å². The normalized spacial score (nSPS) is 10.8. The van der Waals surface area contributed by atoms with Crippen LogP contribution in [0.3, 0.4) is 0 Å². The highest BCUT2D eigenvalue weighted by Gasteiger charge is 2.16. The number of hydrogen-bond donors (Lipinski definition) is 2. The third kappa shape index (κ3) is 7.20. The molecule has 1 aromatic heterocycles. The number of nitrogens with one attached hydrogen (secondary N) is 2. The topological polar surface area (TPSA) is 88.9 Å². The Morgan fingerprint density at radius 1 is 1.03 bits per heavy atom. The van der Waals surface area contributed by atoms with E-state index in [1.165, 1.54) is 17.3 Å². The number of halogens is 1. The molecule has 0 atom stereocenters. The minimum absolute atomic E-state index is 0.0401. The van der Waals surface area contributed by atoms with Gasteiger partial charge in [0, 0.05) is 22.9 Å². The van der Waals surface area contributed by atoms with Gasteiger partial charge in [0.25, 0.3) is 0 Å². The minimum Gasteiger partial charge on any atom is -0.326 e. The number of amides is 2. The summed E-state index contributed by atoms with van der Waals surface area (Å²) in [6.45, 7) is 8.44. The summed E-state index contributed by atoms with van der Waals surface area (Å²) in [5, 5.41) is 15.2. The van der Waals surface area contributed by atoms with Gasteiger partial charge in [0.1, 0.15) is 5.82 Å². The molecule has 3 rings (SSSR count). The lowest BCUT2D eigenvalue weighted by Gasteiger charge is -2.10. The molecule has 0 bridgehead atoms. The van der Waals surface area contributed by atoms with Crippen LogP contribution in [0, 0.1) is 0 Å². The highest BCUT2D eigenvalue weighted by Crippen LogP contribution is 2.20. The number of rotatable bonds is 10. The van der Waals surface area contributed by atoms with Gasteiger partial charge in [-0.1, -0.05) is 55.4 Å². The van der Waals surface area contributed by atoms with Gasteiger partial charge in [0.15, 0.2) is 5.16 Å². The van der Waals surface area contributed by atoms with Crippen molar-refractivity contribution < 1.29 is 9.59 Å². The summed E-state index contributed by atoms with van der Waals surface area (Å²) in [4.78, 5) is 24.8. The van der Waals surface area contributed by atoms with Crippen molar-refractivity contribution in [3.05, 3.63) is 77.6 Å². The molecule has 0 aliphatic heterocycles. The van der Waals surface area contributed by atoms with Gasteiger partial charge in [-0.15, -0.1) is 16.8 Å². The van der Waals surface area contributed by atoms with Crippen molar-refractivity contribution in [1.29, 1.82) is 0 Å². The third-order valence-corrected chi connectivity index (χ3v) is 5.96. The molecule has 7 nitrogen and oxygen atoms in total. The molecule has 0 saturated carbocycles. The largest absolute Gasteiger partial charge is 0.326 e. The van der Waals surface area contributed by atoms with Crippen molar-refractivity contribution in [2.24, 2.45) is 0 Å². The number of benzene rings is 2. The van der Waals surface area contributed by atoms with Crippen LogP contribution in [0.2, 0.25) is 5.02 Å². The molecule has 0 unspecified atom stereocenters. The summed E-state index contributed by atoms with van der Waals surface area (Å²) in [5.41, 5.74) is 2.61. The maximum absolute atomic E-state index is 12.4. The molecule has 2 aromatic carbocycles. The van der Waals surface area contributed by atoms with E-state index in [0.29, 0.717) is 34.2 Å². The number of aromatic nitrogens is 3. The first-order chi connectivity index (χ1) is 15.9. The van der Waals surface area contributed by atoms with Crippen LogP contribution < -0.4 is 10.6 Å². The first-order valence-electron chi connectivity index (χ1n) is 10.5. The fourth-order valence-corrected chi connectivity index (χ4v) is 3.92. The number of thioether (sulfide) groups is 1. The summed E-state index contributed by atoms with van der Waals surface area (Å²) in [6.07, 6.45) is 1.74. The molecule has 3 aromatic rings. The van der Waals surface area contributed by atoms with E-state index in [0.717, 1.165) is 5.69 Å². The Balaban J connectivity index is 1.59. The van der Waals surface area contributed by atoms with Crippen LogP contribution in [0.4, 0.5) is 11.4 Å². The first-order valence-corrected chi connectivity index (χ1v) is 11.8. The third-order valence-electron chi connectivity index (χ3n) is 4.75. The van der Waals surface area contributed by atoms with Gasteiger partial charge in [-0.2, -0.15) is 0 Å². The van der Waals surface area contributed by atoms with E-state index in [4.69, 9.17) is 11.6 Å². The molecule has 0 radical (unpaired) electrons. The number of nitrogens with zero attached hydrogens (tertiary/aromatic N) is 3. The number of hydrogen-bond acceptors (Lipinski definition) is 5. The minimum atomic E-state index is -0.228. The molecule has 0 fully saturated rings. The van der Waals surface area contributed by atoms with Crippen molar-refractivity contribution in [2.75, 3.05) is 16.4 Å². The van der Waals surface area contributed by atoms with Gasteiger partial charge in [-0.05, 0) is 47.9 Å². The highest BCUT2D eigenvalue weighted by molar-refractivity contribution is 7.99. The number of carbonyl (C=O) groups is 2. The zero-order valence-corrected chi connectivity index (χ0v) is 20.1. The lowest BCUT2D eigenvalue weighted by molar-refractivity contribution is -0.116. The predicted octanol–water partition coefficient (Wildman–Crippen LogP) is 5.15. The molecule has 0 spiro atoms. The number of allylic oxidation sites excluding steroid dienone is 1. The maximum Gasteiger partial charge on any atom is 0.234 e. The van der Waals surface area contributed by atoms with E-state index in [9.17, 15) is 9.59 Å². The fourth-order valence-electron chi connectivity index (χ4n) is 3.03. The van der Waals surface area contributed by atoms with Gasteiger partial charge < -0.3 is 15.2 Å². The van der Waals surface area contributed by atoms with Gasteiger partial charge in [0.2, 0.25) is 11.8 Å². The molecule has 9 heteroatoms. The van der Waals surface area contributed by atoms with Gasteiger partial charge in [-0.25, -0.2) is 0 Å². The summed E-state index contributed by atoms with van der Waals surface area (Å²) < 4.78 is 1.78. The molecule has 172 valence electrons. The molecule has 0 aliphatic carbocycles. The Bertz CT molecular complexity index is 1110. The summed E-state index contributed by atoms with van der Waals surface area (Å²) >= 11 is 7.14. The smallest absolute Gasteiger partial charge is 0.234 e. The highest BCUT2D eigenvalue weighted by atomic mass is 35.5. The van der Waals surface area contributed by atoms with Crippen LogP contribution in [0.5, 0.6) is 0 Å². The van der Waals surface area contributed by atoms with Crippen LogP contribution in [0.15, 0.2) is 66.3 Å². The standard InChI is InChI=1S/C24H26ClN5O2S/c1-4-13-30-21(14-22(31)26-20-11-7-18(25)8-12-20)28-29-24(30)33-15-23(32)27-19-9-5-17(6-10-19)16(2)3/h4-12,16H,1,13-15H2,2-3H3,(H,26,31)(H,27,32). The average molecular weight is 484 g/mol. The zero-order valence-electron chi connectivity index (χ0n) is 18.5. The molecule has 0 saturated heterocycles. The van der Waals surface area contributed by atoms with Gasteiger partial charge >= 0.3 is 0 Å². The Hall–Kier alpha value is -3.10. The van der Waals surface area contributed by atoms with E-state index in [2.05, 4.69) is 41.3 Å². The van der Waals surface area contributed by atoms with Crippen LogP contribution in [-0.4, -0.2) is 32.3 Å². The van der Waals surface area contributed by atoms with Gasteiger partial charge in [-0.3, -0.25) is 9.59 Å². The maximum atomic E-state index is 12.4. The summed E-state index contributed by atoms with van der Waals surface area (Å²) in [5.74, 6) is 0.720. The lowest BCUT2D eigenvalue weighted by Crippen LogP contribution is -2.18. The van der Waals surface area contributed by atoms with E-state index < -0.39 is 0 Å². The molecular formula is C24H26ClN5O2S. The van der Waals surface area contributed by atoms with Crippen molar-refractivity contribution >= 4 is 46.6 Å². The Labute approximate surface area is 202 Å². The van der Waals surface area contributed by atoms with E-state index in [1.807, 2.05) is 24.3 Å². The lowest BCUT2D eigenvalue weighted by atomic mass is 10.0. The molecule has 33 heavy (non-hydrogen) atoms. The van der Waals surface area contributed by atoms with Crippen LogP contribution in [-0.2, 0) is 22.6 Å². The molecule has 2 N–H and O–H groups in total. The summed E-state index contributed by atoms with van der Waals surface area (Å²) in [6, 6.07) is 14.7. The fraction of sp³-hybridized carbons (Fsp3) is 0.250. The Kier molecular flexibility index (Phi) is 8.68.